The van der Waals surface area contributed by atoms with Gasteiger partial charge in [0, 0.05) is 22.6 Å². The van der Waals surface area contributed by atoms with Gasteiger partial charge in [0.1, 0.15) is 5.75 Å². The molecule has 0 spiro atoms. The molecule has 3 rings (SSSR count). The van der Waals surface area contributed by atoms with Crippen molar-refractivity contribution >= 4 is 40.5 Å². The summed E-state index contributed by atoms with van der Waals surface area (Å²) in [6, 6.07) is 14.9. The highest BCUT2D eigenvalue weighted by Crippen LogP contribution is 2.24. The van der Waals surface area contributed by atoms with Gasteiger partial charge in [-0.2, -0.15) is 5.10 Å². The molecule has 28 heavy (non-hydrogen) atoms. The molecule has 0 radical (unpaired) electrons. The van der Waals surface area contributed by atoms with E-state index in [1.807, 2.05) is 24.3 Å². The molecule has 0 saturated carbocycles. The van der Waals surface area contributed by atoms with Crippen LogP contribution in [0.25, 0.3) is 10.8 Å². The quantitative estimate of drug-likeness (QED) is 0.361. The van der Waals surface area contributed by atoms with Gasteiger partial charge in [-0.1, -0.05) is 47.9 Å². The monoisotopic (exact) mass is 392 g/mol. The summed E-state index contributed by atoms with van der Waals surface area (Å²) >= 11 is 5.80. The van der Waals surface area contributed by atoms with Crippen molar-refractivity contribution in [1.29, 1.82) is 0 Å². The zero-order valence-electron chi connectivity index (χ0n) is 14.3. The molecule has 0 aliphatic rings. The fourth-order valence-corrected chi connectivity index (χ4v) is 2.72. The number of rotatable bonds is 3. The van der Waals surface area contributed by atoms with Crippen molar-refractivity contribution in [3.63, 3.8) is 0 Å². The third-order valence-electron chi connectivity index (χ3n) is 3.84. The fourth-order valence-electron chi connectivity index (χ4n) is 2.54. The minimum Gasteiger partial charge on any atom is -0.506 e. The molecule has 6 nitrogen and oxygen atoms in total. The smallest absolute Gasteiger partial charge is 0.382 e. The summed E-state index contributed by atoms with van der Waals surface area (Å²) in [7, 11) is 0. The second kappa shape index (κ2) is 8.25. The minimum absolute atomic E-state index is 0.0701. The Morgan fingerprint density at radius 3 is 2.54 bits per heavy atom. The van der Waals surface area contributed by atoms with E-state index in [0.717, 1.165) is 16.3 Å². The van der Waals surface area contributed by atoms with Gasteiger partial charge in [0.25, 0.3) is 5.91 Å². The molecule has 0 atom stereocenters. The van der Waals surface area contributed by atoms with Crippen molar-refractivity contribution in [1.82, 2.24) is 5.43 Å². The fraction of sp³-hybridized carbons (Fsp3) is 0. The predicted molar refractivity (Wildman–Crippen MR) is 107 cm³/mol. The van der Waals surface area contributed by atoms with Gasteiger partial charge in [0.2, 0.25) is 0 Å². The Hall–Kier alpha value is -3.82. The molecule has 3 N–H and O–H groups in total. The zero-order chi connectivity index (χ0) is 20.1. The molecule has 1 amide bonds. The molecule has 0 saturated heterocycles. The molecule has 0 aromatic heterocycles. The van der Waals surface area contributed by atoms with Crippen LogP contribution >= 0.6 is 11.6 Å². The van der Waals surface area contributed by atoms with Crippen molar-refractivity contribution in [2.24, 2.45) is 5.10 Å². The van der Waals surface area contributed by atoms with E-state index in [2.05, 4.69) is 22.4 Å². The molecule has 138 valence electrons. The van der Waals surface area contributed by atoms with E-state index in [4.69, 9.17) is 16.7 Å². The summed E-state index contributed by atoms with van der Waals surface area (Å²) in [5.74, 6) is 2.93. The van der Waals surface area contributed by atoms with E-state index in [1.54, 1.807) is 12.1 Å². The number of carbonyl (C=O) groups excluding carboxylic acids is 1. The summed E-state index contributed by atoms with van der Waals surface area (Å²) < 4.78 is 0. The number of benzene rings is 3. The second-order valence-electron chi connectivity index (χ2n) is 5.67. The number of hydrazone groups is 1. The number of carboxylic acids is 1. The summed E-state index contributed by atoms with van der Waals surface area (Å²) in [6.45, 7) is 0. The highest BCUT2D eigenvalue weighted by Gasteiger charge is 2.08. The molecule has 0 unspecified atom stereocenters. The lowest BCUT2D eigenvalue weighted by Gasteiger charge is -2.05. The number of nitrogens with one attached hydrogen (secondary N) is 1. The SMILES string of the molecule is O=C(O)C#Cc1ccc(C=NNC(=O)c2ccc(O)c(Cl)c2)c2ccccc12. The largest absolute Gasteiger partial charge is 0.506 e. The number of aromatic hydroxyl groups is 1. The number of halogens is 1. The minimum atomic E-state index is -1.20. The Balaban J connectivity index is 1.85. The third-order valence-corrected chi connectivity index (χ3v) is 4.14. The van der Waals surface area contributed by atoms with Crippen molar-refractivity contribution in [2.45, 2.75) is 0 Å². The van der Waals surface area contributed by atoms with Crippen LogP contribution < -0.4 is 5.43 Å². The van der Waals surface area contributed by atoms with Gasteiger partial charge in [-0.25, -0.2) is 10.2 Å². The maximum Gasteiger partial charge on any atom is 0.382 e. The van der Waals surface area contributed by atoms with Crippen molar-refractivity contribution in [2.75, 3.05) is 0 Å². The highest BCUT2D eigenvalue weighted by molar-refractivity contribution is 6.32. The van der Waals surface area contributed by atoms with Crippen LogP contribution in [0.5, 0.6) is 5.75 Å². The molecule has 0 bridgehead atoms. The molecule has 7 heteroatoms. The number of fused-ring (bicyclic) bond motifs is 1. The number of carbonyl (C=O) groups is 2. The lowest BCUT2D eigenvalue weighted by atomic mass is 10.0. The number of phenolic OH excluding ortho intramolecular Hbond substituents is 1. The Bertz CT molecular complexity index is 1180. The Kier molecular flexibility index (Phi) is 5.58. The number of hydrogen-bond acceptors (Lipinski definition) is 4. The van der Waals surface area contributed by atoms with Crippen LogP contribution in [0, 0.1) is 11.8 Å². The molecule has 3 aromatic rings. The third kappa shape index (κ3) is 4.29. The first-order valence-corrected chi connectivity index (χ1v) is 8.42. The lowest BCUT2D eigenvalue weighted by molar-refractivity contribution is -0.130. The van der Waals surface area contributed by atoms with Gasteiger partial charge < -0.3 is 10.2 Å². The van der Waals surface area contributed by atoms with Crippen LogP contribution in [-0.2, 0) is 4.79 Å². The van der Waals surface area contributed by atoms with Gasteiger partial charge in [0.05, 0.1) is 11.2 Å². The topological polar surface area (TPSA) is 99.0 Å². The number of nitrogens with zero attached hydrogens (tertiary/aromatic N) is 1. The van der Waals surface area contributed by atoms with Crippen molar-refractivity contribution in [3.8, 4) is 17.6 Å². The van der Waals surface area contributed by atoms with E-state index >= 15 is 0 Å². The van der Waals surface area contributed by atoms with Gasteiger partial charge in [0.15, 0.2) is 0 Å². The first-order chi connectivity index (χ1) is 13.5. The standard InChI is InChI=1S/C21H13ClN2O4/c22-18-11-14(7-9-19(18)25)21(28)24-23-12-15-6-5-13(8-10-20(26)27)16-3-1-2-4-17(15)16/h1-7,9,11-12,25H,(H,24,28)(H,26,27). The van der Waals surface area contributed by atoms with E-state index < -0.39 is 11.9 Å². The average Bonchev–Trinajstić information content (AvgIpc) is 2.69. The van der Waals surface area contributed by atoms with E-state index in [-0.39, 0.29) is 16.3 Å². The van der Waals surface area contributed by atoms with Crippen LogP contribution in [0.1, 0.15) is 21.5 Å². The molecule has 0 fully saturated rings. The second-order valence-corrected chi connectivity index (χ2v) is 6.08. The summed E-state index contributed by atoms with van der Waals surface area (Å²) in [5.41, 5.74) is 3.96. The average molecular weight is 393 g/mol. The number of aliphatic carboxylic acids is 1. The zero-order valence-corrected chi connectivity index (χ0v) is 15.1. The van der Waals surface area contributed by atoms with Gasteiger partial charge >= 0.3 is 5.97 Å². The lowest BCUT2D eigenvalue weighted by Crippen LogP contribution is -2.17. The van der Waals surface area contributed by atoms with Gasteiger partial charge in [-0.3, -0.25) is 4.79 Å². The molecule has 0 aliphatic heterocycles. The van der Waals surface area contributed by atoms with Gasteiger partial charge in [-0.15, -0.1) is 0 Å². The van der Waals surface area contributed by atoms with E-state index in [1.165, 1.54) is 24.4 Å². The van der Waals surface area contributed by atoms with Crippen LogP contribution in [0.4, 0.5) is 0 Å². The maximum absolute atomic E-state index is 12.1. The first-order valence-electron chi connectivity index (χ1n) is 8.04. The molecule has 3 aromatic carbocycles. The van der Waals surface area contributed by atoms with Crippen molar-refractivity contribution < 1.29 is 19.8 Å². The Morgan fingerprint density at radius 1 is 1.07 bits per heavy atom. The van der Waals surface area contributed by atoms with Crippen LogP contribution in [0.15, 0.2) is 59.7 Å². The number of amides is 1. The summed E-state index contributed by atoms with van der Waals surface area (Å²) in [5, 5.41) is 23.8. The number of phenols is 1. The maximum atomic E-state index is 12.1. The highest BCUT2D eigenvalue weighted by atomic mass is 35.5. The number of carboxylic acid groups (broad SMARTS) is 1. The van der Waals surface area contributed by atoms with Gasteiger partial charge in [-0.05, 0) is 35.0 Å². The van der Waals surface area contributed by atoms with Crippen LogP contribution in [-0.4, -0.2) is 28.3 Å². The Morgan fingerprint density at radius 2 is 1.82 bits per heavy atom. The molecule has 0 heterocycles. The van der Waals surface area contributed by atoms with E-state index in [9.17, 15) is 14.7 Å². The van der Waals surface area contributed by atoms with E-state index in [0.29, 0.717) is 5.56 Å². The molecule has 0 aliphatic carbocycles. The number of hydrogen-bond donors (Lipinski definition) is 3. The predicted octanol–water partition coefficient (Wildman–Crippen LogP) is 3.40. The normalized spacial score (nSPS) is 10.5. The summed E-state index contributed by atoms with van der Waals surface area (Å²) in [6.07, 6.45) is 1.48. The van der Waals surface area contributed by atoms with Crippen LogP contribution in [0.3, 0.4) is 0 Å². The van der Waals surface area contributed by atoms with Crippen molar-refractivity contribution in [3.05, 3.63) is 76.3 Å². The Labute approximate surface area is 165 Å². The molecular weight excluding hydrogens is 380 g/mol. The summed E-state index contributed by atoms with van der Waals surface area (Å²) in [4.78, 5) is 22.8. The van der Waals surface area contributed by atoms with Crippen LogP contribution in [0.2, 0.25) is 5.02 Å². The molecular formula is C21H13ClN2O4. The first kappa shape index (κ1) is 19.0.